The highest BCUT2D eigenvalue weighted by atomic mass is 35.5. The van der Waals surface area contributed by atoms with Crippen LogP contribution in [-0.4, -0.2) is 29.2 Å². The van der Waals surface area contributed by atoms with Crippen LogP contribution in [0.1, 0.15) is 0 Å². The van der Waals surface area contributed by atoms with Crippen LogP contribution in [0.2, 0.25) is 5.15 Å². The van der Waals surface area contributed by atoms with Gasteiger partial charge < -0.3 is 4.57 Å². The van der Waals surface area contributed by atoms with Crippen molar-refractivity contribution in [1.29, 1.82) is 0 Å². The molecule has 0 spiro atoms. The molecule has 0 bridgehead atoms. The molecule has 0 aliphatic rings. The van der Waals surface area contributed by atoms with Crippen LogP contribution in [0.3, 0.4) is 0 Å². The maximum atomic E-state index is 11.3. The molecule has 7 heteroatoms. The standard InChI is InChI=1S/C9H8ClN3O2S/c1-16(14,15)9-11-7(10)6-8(12-9)13-4-2-3-5-13/h2-6H,1H3. The van der Waals surface area contributed by atoms with E-state index in [0.717, 1.165) is 6.26 Å². The van der Waals surface area contributed by atoms with Gasteiger partial charge in [-0.25, -0.2) is 18.4 Å². The lowest BCUT2D eigenvalue weighted by atomic mass is 10.6. The number of hydrogen-bond donors (Lipinski definition) is 0. The van der Waals surface area contributed by atoms with Crippen molar-refractivity contribution in [3.8, 4) is 5.82 Å². The Morgan fingerprint density at radius 2 is 1.88 bits per heavy atom. The molecule has 0 atom stereocenters. The topological polar surface area (TPSA) is 64.8 Å². The van der Waals surface area contributed by atoms with Crippen molar-refractivity contribution in [2.45, 2.75) is 5.16 Å². The van der Waals surface area contributed by atoms with Gasteiger partial charge in [0.05, 0.1) is 0 Å². The lowest BCUT2D eigenvalue weighted by Gasteiger charge is -2.04. The second-order valence-electron chi connectivity index (χ2n) is 3.19. The van der Waals surface area contributed by atoms with E-state index in [4.69, 9.17) is 11.6 Å². The molecule has 2 aromatic rings. The minimum Gasteiger partial charge on any atom is -0.308 e. The second-order valence-corrected chi connectivity index (χ2v) is 5.49. The molecular formula is C9H8ClN3O2S. The number of aromatic nitrogens is 3. The average molecular weight is 258 g/mol. The Kier molecular flexibility index (Phi) is 2.69. The normalized spacial score (nSPS) is 11.6. The first-order chi connectivity index (χ1) is 7.47. The molecule has 2 rings (SSSR count). The molecule has 0 N–H and O–H groups in total. The first-order valence-corrected chi connectivity index (χ1v) is 6.62. The molecule has 0 fully saturated rings. The number of halogens is 1. The molecule has 2 heterocycles. The molecule has 0 aliphatic heterocycles. The first-order valence-electron chi connectivity index (χ1n) is 4.35. The summed E-state index contributed by atoms with van der Waals surface area (Å²) < 4.78 is 24.3. The van der Waals surface area contributed by atoms with E-state index >= 15 is 0 Å². The molecule has 16 heavy (non-hydrogen) atoms. The van der Waals surface area contributed by atoms with Gasteiger partial charge in [0.2, 0.25) is 15.0 Å². The van der Waals surface area contributed by atoms with Crippen LogP contribution in [0.4, 0.5) is 0 Å². The number of nitrogens with zero attached hydrogens (tertiary/aromatic N) is 3. The summed E-state index contributed by atoms with van der Waals surface area (Å²) in [6.45, 7) is 0. The van der Waals surface area contributed by atoms with Gasteiger partial charge in [-0.05, 0) is 12.1 Å². The van der Waals surface area contributed by atoms with Crippen molar-refractivity contribution < 1.29 is 8.42 Å². The number of hydrogen-bond acceptors (Lipinski definition) is 4. The van der Waals surface area contributed by atoms with E-state index in [9.17, 15) is 8.42 Å². The summed E-state index contributed by atoms with van der Waals surface area (Å²) in [6.07, 6.45) is 4.52. The zero-order valence-electron chi connectivity index (χ0n) is 8.33. The van der Waals surface area contributed by atoms with E-state index < -0.39 is 9.84 Å². The predicted octanol–water partition coefficient (Wildman–Crippen LogP) is 1.32. The van der Waals surface area contributed by atoms with Gasteiger partial charge in [-0.2, -0.15) is 0 Å². The van der Waals surface area contributed by atoms with Crippen molar-refractivity contribution in [3.63, 3.8) is 0 Å². The zero-order valence-corrected chi connectivity index (χ0v) is 9.90. The van der Waals surface area contributed by atoms with Gasteiger partial charge in [0.1, 0.15) is 11.0 Å². The second kappa shape index (κ2) is 3.88. The summed E-state index contributed by atoms with van der Waals surface area (Å²) in [7, 11) is -3.46. The van der Waals surface area contributed by atoms with Crippen molar-refractivity contribution in [3.05, 3.63) is 35.7 Å². The molecule has 0 aromatic carbocycles. The van der Waals surface area contributed by atoms with E-state index in [1.807, 2.05) is 0 Å². The Hall–Kier alpha value is -1.40. The first kappa shape index (κ1) is 11.1. The third-order valence-electron chi connectivity index (χ3n) is 1.86. The summed E-state index contributed by atoms with van der Waals surface area (Å²) in [5, 5.41) is -0.178. The summed E-state index contributed by atoms with van der Waals surface area (Å²) in [5.74, 6) is 0.422. The largest absolute Gasteiger partial charge is 0.308 e. The SMILES string of the molecule is CS(=O)(=O)c1nc(Cl)cc(-n2cccc2)n1. The summed E-state index contributed by atoms with van der Waals surface area (Å²) in [6, 6.07) is 5.10. The Morgan fingerprint density at radius 1 is 1.25 bits per heavy atom. The van der Waals surface area contributed by atoms with E-state index in [-0.39, 0.29) is 10.3 Å². The van der Waals surface area contributed by atoms with Crippen LogP contribution < -0.4 is 0 Å². The monoisotopic (exact) mass is 257 g/mol. The van der Waals surface area contributed by atoms with E-state index in [2.05, 4.69) is 9.97 Å². The predicted molar refractivity (Wildman–Crippen MR) is 59.5 cm³/mol. The lowest BCUT2D eigenvalue weighted by molar-refractivity contribution is 0.592. The Bertz CT molecular complexity index is 608. The maximum Gasteiger partial charge on any atom is 0.250 e. The Balaban J connectivity index is 2.62. The van der Waals surface area contributed by atoms with Crippen molar-refractivity contribution in [1.82, 2.24) is 14.5 Å². The fourth-order valence-electron chi connectivity index (χ4n) is 1.17. The van der Waals surface area contributed by atoms with Gasteiger partial charge in [-0.1, -0.05) is 11.6 Å². The minimum atomic E-state index is -3.46. The maximum absolute atomic E-state index is 11.3. The van der Waals surface area contributed by atoms with Crippen molar-refractivity contribution in [2.24, 2.45) is 0 Å². The molecule has 0 saturated heterocycles. The highest BCUT2D eigenvalue weighted by molar-refractivity contribution is 7.90. The van der Waals surface area contributed by atoms with Crippen molar-refractivity contribution >= 4 is 21.4 Å². The van der Waals surface area contributed by atoms with E-state index in [0.29, 0.717) is 5.82 Å². The van der Waals surface area contributed by atoms with Gasteiger partial charge in [0, 0.05) is 24.7 Å². The summed E-state index contributed by atoms with van der Waals surface area (Å²) in [5.41, 5.74) is 0. The van der Waals surface area contributed by atoms with Crippen LogP contribution in [0.5, 0.6) is 0 Å². The molecule has 0 saturated carbocycles. The molecule has 0 radical (unpaired) electrons. The van der Waals surface area contributed by atoms with Crippen molar-refractivity contribution in [2.75, 3.05) is 6.26 Å². The third kappa shape index (κ3) is 2.23. The van der Waals surface area contributed by atoms with Crippen LogP contribution in [-0.2, 0) is 9.84 Å². The number of sulfone groups is 1. The Morgan fingerprint density at radius 3 is 2.44 bits per heavy atom. The third-order valence-corrected chi connectivity index (χ3v) is 2.90. The summed E-state index contributed by atoms with van der Waals surface area (Å²) >= 11 is 5.74. The van der Waals surface area contributed by atoms with Crippen LogP contribution in [0, 0.1) is 0 Å². The molecular weight excluding hydrogens is 250 g/mol. The molecule has 84 valence electrons. The van der Waals surface area contributed by atoms with Crippen LogP contribution >= 0.6 is 11.6 Å². The molecule has 0 amide bonds. The van der Waals surface area contributed by atoms with Gasteiger partial charge in [0.25, 0.3) is 0 Å². The average Bonchev–Trinajstić information content (AvgIpc) is 2.68. The van der Waals surface area contributed by atoms with E-state index in [1.54, 1.807) is 29.1 Å². The molecule has 0 aliphatic carbocycles. The minimum absolute atomic E-state index is 0.0964. The van der Waals surface area contributed by atoms with Gasteiger partial charge in [-0.15, -0.1) is 0 Å². The fraction of sp³-hybridized carbons (Fsp3) is 0.111. The van der Waals surface area contributed by atoms with E-state index in [1.165, 1.54) is 6.07 Å². The number of rotatable bonds is 2. The van der Waals surface area contributed by atoms with Gasteiger partial charge >= 0.3 is 0 Å². The molecule has 5 nitrogen and oxygen atoms in total. The highest BCUT2D eigenvalue weighted by Gasteiger charge is 2.13. The summed E-state index contributed by atoms with van der Waals surface area (Å²) in [4.78, 5) is 7.59. The molecule has 2 aromatic heterocycles. The zero-order chi connectivity index (χ0) is 11.8. The smallest absolute Gasteiger partial charge is 0.250 e. The van der Waals surface area contributed by atoms with Crippen LogP contribution in [0.15, 0.2) is 35.7 Å². The highest BCUT2D eigenvalue weighted by Crippen LogP contribution is 2.14. The fourth-order valence-corrected chi connectivity index (χ4v) is 1.92. The van der Waals surface area contributed by atoms with Gasteiger partial charge in [-0.3, -0.25) is 0 Å². The Labute approximate surface area is 97.6 Å². The van der Waals surface area contributed by atoms with Gasteiger partial charge in [0.15, 0.2) is 0 Å². The molecule has 0 unspecified atom stereocenters. The van der Waals surface area contributed by atoms with Crippen LogP contribution in [0.25, 0.3) is 5.82 Å². The lowest BCUT2D eigenvalue weighted by Crippen LogP contribution is -2.07. The quantitative estimate of drug-likeness (QED) is 0.601.